The van der Waals surface area contributed by atoms with E-state index in [1.54, 1.807) is 24.3 Å². The molecular formula is C25H23N3O7. The van der Waals surface area contributed by atoms with E-state index < -0.39 is 47.1 Å². The van der Waals surface area contributed by atoms with Gasteiger partial charge in [0.25, 0.3) is 0 Å². The van der Waals surface area contributed by atoms with E-state index in [-0.39, 0.29) is 26.2 Å². The number of aliphatic carboxylic acids is 1. The number of aryl methyl sites for hydroxylation is 1. The van der Waals surface area contributed by atoms with Crippen molar-refractivity contribution in [2.75, 3.05) is 12.1 Å². The van der Waals surface area contributed by atoms with Crippen LogP contribution < -0.4 is 20.1 Å². The van der Waals surface area contributed by atoms with Crippen LogP contribution in [0.25, 0.3) is 0 Å². The smallest absolute Gasteiger partial charge is 0.303 e. The Hall–Kier alpha value is -3.92. The number of amides is 3. The first-order chi connectivity index (χ1) is 16.8. The first-order valence-corrected chi connectivity index (χ1v) is 11.5. The van der Waals surface area contributed by atoms with Gasteiger partial charge in [0, 0.05) is 23.7 Å². The highest BCUT2D eigenvalue weighted by molar-refractivity contribution is 6.15. The minimum atomic E-state index is -1.44. The molecule has 6 rings (SSSR count). The lowest BCUT2D eigenvalue weighted by molar-refractivity contribution is -0.144. The molecule has 4 heterocycles. The number of benzene rings is 2. The SMILES string of the molecule is Cc1ccc2c(c1)[C@@]1(N[C@@H](CCC(=O)O)[C@H]3C(=O)N(Cc4ccc5c(c4)OCO5)C(=O)[C@@H]31)C(=O)N2. The predicted octanol–water partition coefficient (Wildman–Crippen LogP) is 1.51. The van der Waals surface area contributed by atoms with Crippen LogP contribution in [0.3, 0.4) is 0 Å². The first-order valence-electron chi connectivity index (χ1n) is 11.5. The second-order valence-electron chi connectivity index (χ2n) is 9.45. The van der Waals surface area contributed by atoms with Crippen molar-refractivity contribution in [1.29, 1.82) is 0 Å². The molecule has 4 aliphatic rings. The Morgan fingerprint density at radius 2 is 1.91 bits per heavy atom. The van der Waals surface area contributed by atoms with Crippen LogP contribution in [0.5, 0.6) is 11.5 Å². The minimum absolute atomic E-state index is 0.0192. The molecule has 2 aromatic carbocycles. The molecular weight excluding hydrogens is 454 g/mol. The van der Waals surface area contributed by atoms with Gasteiger partial charge in [0.05, 0.1) is 18.4 Å². The molecule has 0 saturated carbocycles. The molecule has 1 spiro atoms. The van der Waals surface area contributed by atoms with Gasteiger partial charge in [0.1, 0.15) is 5.54 Å². The van der Waals surface area contributed by atoms with E-state index in [1.165, 1.54) is 4.90 Å². The van der Waals surface area contributed by atoms with Crippen LogP contribution in [0.15, 0.2) is 36.4 Å². The number of carbonyl (C=O) groups is 4. The van der Waals surface area contributed by atoms with Crippen molar-refractivity contribution >= 4 is 29.4 Å². The zero-order valence-electron chi connectivity index (χ0n) is 18.9. The van der Waals surface area contributed by atoms with Gasteiger partial charge in [-0.3, -0.25) is 29.4 Å². The number of likely N-dealkylation sites (tertiary alicyclic amines) is 1. The molecule has 3 amide bonds. The third-order valence-electron chi connectivity index (χ3n) is 7.41. The molecule has 0 aromatic heterocycles. The number of nitrogens with zero attached hydrogens (tertiary/aromatic N) is 1. The maximum Gasteiger partial charge on any atom is 0.303 e. The van der Waals surface area contributed by atoms with Crippen LogP contribution in [0.2, 0.25) is 0 Å². The maximum absolute atomic E-state index is 13.8. The van der Waals surface area contributed by atoms with E-state index >= 15 is 0 Å². The molecule has 0 bridgehead atoms. The van der Waals surface area contributed by atoms with Crippen molar-refractivity contribution in [1.82, 2.24) is 10.2 Å². The number of nitrogens with one attached hydrogen (secondary N) is 2. The Morgan fingerprint density at radius 3 is 2.71 bits per heavy atom. The molecule has 10 heteroatoms. The number of carboxylic acid groups (broad SMARTS) is 1. The summed E-state index contributed by atoms with van der Waals surface area (Å²) in [6, 6.07) is 10.1. The number of fused-ring (bicyclic) bond motifs is 5. The Kier molecular flexibility index (Phi) is 4.65. The summed E-state index contributed by atoms with van der Waals surface area (Å²) in [5, 5.41) is 15.4. The quantitative estimate of drug-likeness (QED) is 0.552. The Morgan fingerprint density at radius 1 is 1.11 bits per heavy atom. The highest BCUT2D eigenvalue weighted by atomic mass is 16.7. The summed E-state index contributed by atoms with van der Waals surface area (Å²) in [5.41, 5.74) is 1.35. The van der Waals surface area contributed by atoms with Crippen LogP contribution in [0.1, 0.15) is 29.5 Å². The van der Waals surface area contributed by atoms with E-state index in [0.29, 0.717) is 28.3 Å². The molecule has 0 aliphatic carbocycles. The molecule has 3 N–H and O–H groups in total. The average Bonchev–Trinajstić information content (AvgIpc) is 3.55. The average molecular weight is 477 g/mol. The maximum atomic E-state index is 13.8. The molecule has 2 fully saturated rings. The summed E-state index contributed by atoms with van der Waals surface area (Å²) >= 11 is 0. The van der Waals surface area contributed by atoms with E-state index in [1.807, 2.05) is 19.1 Å². The highest BCUT2D eigenvalue weighted by Gasteiger charge is 2.70. The molecule has 2 saturated heterocycles. The van der Waals surface area contributed by atoms with Crippen LogP contribution in [0, 0.1) is 18.8 Å². The number of hydrogen-bond acceptors (Lipinski definition) is 7. The van der Waals surface area contributed by atoms with Crippen molar-refractivity contribution in [3.63, 3.8) is 0 Å². The summed E-state index contributed by atoms with van der Waals surface area (Å²) in [6.07, 6.45) is -0.0769. The number of imide groups is 1. The minimum Gasteiger partial charge on any atom is -0.481 e. The standard InChI is InChI=1S/C25H23N3O7/c1-12-2-4-15-14(8-12)25(24(33)26-15)21-20(16(27-25)5-7-19(29)30)22(31)28(23(21)32)10-13-3-6-17-18(9-13)35-11-34-17/h2-4,6,8-9,16,20-21,27H,5,7,10-11H2,1H3,(H,26,33)(H,29,30)/t16-,20+,21+,25-/m0/s1. The van der Waals surface area contributed by atoms with E-state index in [4.69, 9.17) is 9.47 Å². The van der Waals surface area contributed by atoms with Crippen LogP contribution in [-0.4, -0.2) is 46.5 Å². The predicted molar refractivity (Wildman–Crippen MR) is 120 cm³/mol. The monoisotopic (exact) mass is 477 g/mol. The molecule has 0 unspecified atom stereocenters. The third-order valence-corrected chi connectivity index (χ3v) is 7.41. The fourth-order valence-corrected chi connectivity index (χ4v) is 5.88. The number of anilines is 1. The van der Waals surface area contributed by atoms with Crippen LogP contribution in [-0.2, 0) is 31.3 Å². The summed E-state index contributed by atoms with van der Waals surface area (Å²) in [7, 11) is 0. The normalized spacial score (nSPS) is 28.0. The summed E-state index contributed by atoms with van der Waals surface area (Å²) in [6.45, 7) is 2.02. The molecule has 0 radical (unpaired) electrons. The van der Waals surface area contributed by atoms with Gasteiger partial charge < -0.3 is 19.9 Å². The Balaban J connectivity index is 1.40. The largest absolute Gasteiger partial charge is 0.481 e. The second-order valence-corrected chi connectivity index (χ2v) is 9.45. The fourth-order valence-electron chi connectivity index (χ4n) is 5.88. The van der Waals surface area contributed by atoms with E-state index in [9.17, 15) is 24.3 Å². The molecule has 180 valence electrons. The second kappa shape index (κ2) is 7.54. The van der Waals surface area contributed by atoms with Crippen molar-refractivity contribution in [3.8, 4) is 11.5 Å². The van der Waals surface area contributed by atoms with Crippen LogP contribution in [0.4, 0.5) is 5.69 Å². The first kappa shape index (κ1) is 21.6. The van der Waals surface area contributed by atoms with Gasteiger partial charge in [-0.05, 0) is 37.1 Å². The lowest BCUT2D eigenvalue weighted by Crippen LogP contribution is -2.53. The Labute approximate surface area is 200 Å². The van der Waals surface area contributed by atoms with Gasteiger partial charge in [-0.1, -0.05) is 23.8 Å². The summed E-state index contributed by atoms with van der Waals surface area (Å²) < 4.78 is 10.7. The van der Waals surface area contributed by atoms with E-state index in [2.05, 4.69) is 10.6 Å². The zero-order chi connectivity index (χ0) is 24.5. The molecule has 2 aromatic rings. The number of carbonyl (C=O) groups excluding carboxylic acids is 3. The zero-order valence-corrected chi connectivity index (χ0v) is 18.9. The van der Waals surface area contributed by atoms with Gasteiger partial charge >= 0.3 is 5.97 Å². The van der Waals surface area contributed by atoms with Gasteiger partial charge in [-0.2, -0.15) is 0 Å². The summed E-state index contributed by atoms with van der Waals surface area (Å²) in [5.74, 6) is -2.98. The highest BCUT2D eigenvalue weighted by Crippen LogP contribution is 2.54. The molecule has 35 heavy (non-hydrogen) atoms. The number of rotatable bonds is 5. The number of ether oxygens (including phenoxy) is 2. The van der Waals surface area contributed by atoms with Crippen molar-refractivity contribution < 1.29 is 33.8 Å². The number of carboxylic acids is 1. The third kappa shape index (κ3) is 3.06. The van der Waals surface area contributed by atoms with Crippen LogP contribution >= 0.6 is 0 Å². The molecule has 4 atom stereocenters. The van der Waals surface area contributed by atoms with Crippen molar-refractivity contribution in [2.24, 2.45) is 11.8 Å². The lowest BCUT2D eigenvalue weighted by atomic mass is 9.76. The van der Waals surface area contributed by atoms with Gasteiger partial charge in [0.2, 0.25) is 24.5 Å². The molecule has 10 nitrogen and oxygen atoms in total. The van der Waals surface area contributed by atoms with Gasteiger partial charge in [-0.15, -0.1) is 0 Å². The molecule has 4 aliphatic heterocycles. The van der Waals surface area contributed by atoms with Gasteiger partial charge in [0.15, 0.2) is 11.5 Å². The number of hydrogen-bond donors (Lipinski definition) is 3. The summed E-state index contributed by atoms with van der Waals surface area (Å²) in [4.78, 5) is 53.4. The Bertz CT molecular complexity index is 1310. The van der Waals surface area contributed by atoms with E-state index in [0.717, 1.165) is 5.56 Å². The van der Waals surface area contributed by atoms with Crippen molar-refractivity contribution in [3.05, 3.63) is 53.1 Å². The fraction of sp³-hybridized carbons (Fsp3) is 0.360. The lowest BCUT2D eigenvalue weighted by Gasteiger charge is -2.29. The topological polar surface area (TPSA) is 134 Å². The van der Waals surface area contributed by atoms with Crippen molar-refractivity contribution in [2.45, 2.75) is 37.9 Å². The van der Waals surface area contributed by atoms with Gasteiger partial charge in [-0.25, -0.2) is 0 Å².